The van der Waals surface area contributed by atoms with Crippen LogP contribution >= 0.6 is 0 Å². The molecule has 0 bridgehead atoms. The second kappa shape index (κ2) is 8.34. The van der Waals surface area contributed by atoms with Gasteiger partial charge in [-0.05, 0) is 49.8 Å². The summed E-state index contributed by atoms with van der Waals surface area (Å²) in [6.07, 6.45) is 5.42. The maximum absolute atomic E-state index is 12.4. The van der Waals surface area contributed by atoms with Gasteiger partial charge in [0.2, 0.25) is 11.8 Å². The summed E-state index contributed by atoms with van der Waals surface area (Å²) in [5.74, 6) is 0.392. The van der Waals surface area contributed by atoms with Gasteiger partial charge >= 0.3 is 0 Å². The summed E-state index contributed by atoms with van der Waals surface area (Å²) in [5, 5.41) is 0. The first-order valence-electron chi connectivity index (χ1n) is 9.06. The largest absolute Gasteiger partial charge is 0.490 e. The Balaban J connectivity index is 1.50. The van der Waals surface area contributed by atoms with Gasteiger partial charge < -0.3 is 20.1 Å². The molecule has 1 aromatic rings. The Morgan fingerprint density at radius 3 is 2.84 bits per heavy atom. The first kappa shape index (κ1) is 17.7. The molecule has 1 heterocycles. The number of amides is 2. The molecular weight excluding hydrogens is 320 g/mol. The van der Waals surface area contributed by atoms with Crippen LogP contribution in [0, 0.1) is 0 Å². The van der Waals surface area contributed by atoms with Crippen LogP contribution in [0.2, 0.25) is 0 Å². The summed E-state index contributed by atoms with van der Waals surface area (Å²) in [5.41, 5.74) is 6.35. The summed E-state index contributed by atoms with van der Waals surface area (Å²) >= 11 is 0. The number of morpholine rings is 1. The minimum absolute atomic E-state index is 0.0247. The van der Waals surface area contributed by atoms with Gasteiger partial charge in [0, 0.05) is 13.0 Å². The highest BCUT2D eigenvalue weighted by atomic mass is 16.5. The van der Waals surface area contributed by atoms with Crippen LogP contribution in [0.3, 0.4) is 0 Å². The molecule has 1 aromatic carbocycles. The van der Waals surface area contributed by atoms with Gasteiger partial charge in [-0.1, -0.05) is 12.1 Å². The fraction of sp³-hybridized carbons (Fsp3) is 0.579. The third-order valence-corrected chi connectivity index (χ3v) is 4.87. The predicted octanol–water partition coefficient (Wildman–Crippen LogP) is 1.65. The van der Waals surface area contributed by atoms with Crippen LogP contribution < -0.4 is 10.5 Å². The Labute approximate surface area is 148 Å². The molecule has 2 amide bonds. The third-order valence-electron chi connectivity index (χ3n) is 4.87. The van der Waals surface area contributed by atoms with Gasteiger partial charge in [-0.2, -0.15) is 0 Å². The molecule has 2 fully saturated rings. The summed E-state index contributed by atoms with van der Waals surface area (Å²) in [4.78, 5) is 25.3. The standard InChI is InChI=1S/C19H26N2O4/c20-19(23)17-13-21(10-11-24-17)18(22)9-8-14-4-3-7-16(12-14)25-15-5-1-2-6-15/h3-4,7,12,15,17H,1-2,5-6,8-11,13H2,(H2,20,23)/t17-/m0/s1. The van der Waals surface area contributed by atoms with E-state index in [2.05, 4.69) is 0 Å². The fourth-order valence-electron chi connectivity index (χ4n) is 3.43. The van der Waals surface area contributed by atoms with Crippen molar-refractivity contribution in [3.8, 4) is 5.75 Å². The first-order valence-corrected chi connectivity index (χ1v) is 9.06. The lowest BCUT2D eigenvalue weighted by molar-refractivity contribution is -0.145. The van der Waals surface area contributed by atoms with Gasteiger partial charge in [-0.3, -0.25) is 9.59 Å². The van der Waals surface area contributed by atoms with E-state index in [0.717, 1.165) is 24.2 Å². The minimum atomic E-state index is -0.694. The molecule has 0 radical (unpaired) electrons. The van der Waals surface area contributed by atoms with E-state index >= 15 is 0 Å². The van der Waals surface area contributed by atoms with Crippen LogP contribution in [0.5, 0.6) is 5.75 Å². The highest BCUT2D eigenvalue weighted by Gasteiger charge is 2.27. The molecule has 25 heavy (non-hydrogen) atoms. The Hall–Kier alpha value is -2.08. The van der Waals surface area contributed by atoms with Crippen molar-refractivity contribution in [3.05, 3.63) is 29.8 Å². The summed E-state index contributed by atoms with van der Waals surface area (Å²) in [6, 6.07) is 7.99. The topological polar surface area (TPSA) is 81.9 Å². The zero-order valence-corrected chi connectivity index (χ0v) is 14.5. The average molecular weight is 346 g/mol. The molecule has 3 rings (SSSR count). The molecule has 1 saturated carbocycles. The Kier molecular flexibility index (Phi) is 5.91. The van der Waals surface area contributed by atoms with E-state index in [-0.39, 0.29) is 12.5 Å². The third kappa shape index (κ3) is 4.95. The van der Waals surface area contributed by atoms with E-state index in [0.29, 0.717) is 32.1 Å². The molecule has 2 N–H and O–H groups in total. The van der Waals surface area contributed by atoms with Crippen molar-refractivity contribution in [3.63, 3.8) is 0 Å². The second-order valence-corrected chi connectivity index (χ2v) is 6.77. The van der Waals surface area contributed by atoms with Crippen molar-refractivity contribution in [1.29, 1.82) is 0 Å². The quantitative estimate of drug-likeness (QED) is 0.849. The van der Waals surface area contributed by atoms with Crippen molar-refractivity contribution in [1.82, 2.24) is 4.90 Å². The average Bonchev–Trinajstić information content (AvgIpc) is 3.13. The van der Waals surface area contributed by atoms with Crippen molar-refractivity contribution in [2.75, 3.05) is 19.7 Å². The summed E-state index contributed by atoms with van der Waals surface area (Å²) in [6.45, 7) is 1.11. The smallest absolute Gasteiger partial charge is 0.248 e. The number of carbonyl (C=O) groups excluding carboxylic acids is 2. The van der Waals surface area contributed by atoms with E-state index in [1.807, 2.05) is 24.3 Å². The van der Waals surface area contributed by atoms with Gasteiger partial charge in [-0.25, -0.2) is 0 Å². The zero-order chi connectivity index (χ0) is 17.6. The van der Waals surface area contributed by atoms with Gasteiger partial charge in [-0.15, -0.1) is 0 Å². The van der Waals surface area contributed by atoms with Crippen LogP contribution in [0.15, 0.2) is 24.3 Å². The van der Waals surface area contributed by atoms with Gasteiger partial charge in [0.1, 0.15) is 5.75 Å². The molecule has 6 nitrogen and oxygen atoms in total. The van der Waals surface area contributed by atoms with Gasteiger partial charge in [0.25, 0.3) is 0 Å². The van der Waals surface area contributed by atoms with E-state index in [1.165, 1.54) is 12.8 Å². The molecule has 1 aliphatic carbocycles. The van der Waals surface area contributed by atoms with Gasteiger partial charge in [0.15, 0.2) is 6.10 Å². The molecule has 1 saturated heterocycles. The van der Waals surface area contributed by atoms with E-state index < -0.39 is 12.0 Å². The van der Waals surface area contributed by atoms with Crippen LogP contribution in [0.1, 0.15) is 37.7 Å². The molecule has 0 aromatic heterocycles. The van der Waals surface area contributed by atoms with Crippen LogP contribution in [0.25, 0.3) is 0 Å². The van der Waals surface area contributed by atoms with E-state index in [1.54, 1.807) is 4.90 Å². The van der Waals surface area contributed by atoms with Gasteiger partial charge in [0.05, 0.1) is 19.3 Å². The Morgan fingerprint density at radius 2 is 2.08 bits per heavy atom. The number of hydrogen-bond donors (Lipinski definition) is 1. The normalized spacial score (nSPS) is 21.3. The van der Waals surface area contributed by atoms with Crippen molar-refractivity contribution >= 4 is 11.8 Å². The monoisotopic (exact) mass is 346 g/mol. The number of ether oxygens (including phenoxy) is 2. The zero-order valence-electron chi connectivity index (χ0n) is 14.5. The molecule has 2 aliphatic rings. The Bertz CT molecular complexity index is 613. The lowest BCUT2D eigenvalue weighted by Gasteiger charge is -2.31. The highest BCUT2D eigenvalue weighted by molar-refractivity contribution is 5.81. The summed E-state index contributed by atoms with van der Waals surface area (Å²) < 4.78 is 11.3. The molecule has 1 atom stereocenters. The number of nitrogens with two attached hydrogens (primary N) is 1. The summed E-state index contributed by atoms with van der Waals surface area (Å²) in [7, 11) is 0. The molecule has 1 aliphatic heterocycles. The van der Waals surface area contributed by atoms with Crippen LogP contribution in [-0.2, 0) is 20.7 Å². The van der Waals surface area contributed by atoms with E-state index in [4.69, 9.17) is 15.2 Å². The number of primary amides is 1. The Morgan fingerprint density at radius 1 is 1.28 bits per heavy atom. The molecule has 6 heteroatoms. The number of hydrogen-bond acceptors (Lipinski definition) is 4. The molecule has 136 valence electrons. The maximum Gasteiger partial charge on any atom is 0.248 e. The highest BCUT2D eigenvalue weighted by Crippen LogP contribution is 2.25. The van der Waals surface area contributed by atoms with Crippen LogP contribution in [-0.4, -0.2) is 48.6 Å². The predicted molar refractivity (Wildman–Crippen MR) is 93.2 cm³/mol. The van der Waals surface area contributed by atoms with E-state index in [9.17, 15) is 9.59 Å². The number of rotatable bonds is 6. The first-order chi connectivity index (χ1) is 12.1. The fourth-order valence-corrected chi connectivity index (χ4v) is 3.43. The van der Waals surface area contributed by atoms with Crippen molar-refractivity contribution in [2.24, 2.45) is 5.73 Å². The lowest BCUT2D eigenvalue weighted by Crippen LogP contribution is -2.50. The molecule has 0 spiro atoms. The van der Waals surface area contributed by atoms with Crippen LogP contribution in [0.4, 0.5) is 0 Å². The number of nitrogens with zero attached hydrogens (tertiary/aromatic N) is 1. The molecule has 0 unspecified atom stereocenters. The number of carbonyl (C=O) groups is 2. The maximum atomic E-state index is 12.4. The number of aryl methyl sites for hydroxylation is 1. The minimum Gasteiger partial charge on any atom is -0.490 e. The number of benzene rings is 1. The molecular formula is C19H26N2O4. The van der Waals surface area contributed by atoms with Crippen molar-refractivity contribution < 1.29 is 19.1 Å². The second-order valence-electron chi connectivity index (χ2n) is 6.77. The lowest BCUT2D eigenvalue weighted by atomic mass is 10.1. The SMILES string of the molecule is NC(=O)[C@@H]1CN(C(=O)CCc2cccc(OC3CCCC3)c2)CCO1. The van der Waals surface area contributed by atoms with Crippen molar-refractivity contribution in [2.45, 2.75) is 50.7 Å².